The molecule has 102 valence electrons. The van der Waals surface area contributed by atoms with Crippen molar-refractivity contribution in [2.24, 2.45) is 17.3 Å². The summed E-state index contributed by atoms with van der Waals surface area (Å²) in [5, 5.41) is 5.56. The van der Waals surface area contributed by atoms with E-state index in [1.165, 1.54) is 0 Å². The highest BCUT2D eigenvalue weighted by Gasteiger charge is 2.45. The lowest BCUT2D eigenvalue weighted by molar-refractivity contribution is -0.132. The number of nitrogens with one attached hydrogen (secondary N) is 2. The van der Waals surface area contributed by atoms with Gasteiger partial charge in [-0.15, -0.1) is 0 Å². The molecule has 0 unspecified atom stereocenters. The van der Waals surface area contributed by atoms with E-state index in [2.05, 4.69) is 15.6 Å². The molecular weight excluding hydrogens is 242 g/mol. The normalized spacial score (nSPS) is 23.0. The van der Waals surface area contributed by atoms with Crippen LogP contribution in [0.5, 0.6) is 0 Å². The zero-order valence-corrected chi connectivity index (χ0v) is 11.4. The minimum absolute atomic E-state index is 0.00170. The monoisotopic (exact) mass is 261 g/mol. The number of carbonyl (C=O) groups is 2. The van der Waals surface area contributed by atoms with E-state index >= 15 is 0 Å². The van der Waals surface area contributed by atoms with E-state index in [9.17, 15) is 9.59 Å². The second-order valence-corrected chi connectivity index (χ2v) is 5.92. The molecule has 2 heterocycles. The van der Waals surface area contributed by atoms with Gasteiger partial charge in [0.2, 0.25) is 11.8 Å². The molecule has 1 fully saturated rings. The molecule has 0 aromatic carbocycles. The molecule has 19 heavy (non-hydrogen) atoms. The Labute approximate surface area is 112 Å². The Morgan fingerprint density at radius 1 is 1.37 bits per heavy atom. The summed E-state index contributed by atoms with van der Waals surface area (Å²) in [6, 6.07) is 3.41. The van der Waals surface area contributed by atoms with Gasteiger partial charge in [0.1, 0.15) is 5.92 Å². The van der Waals surface area contributed by atoms with Gasteiger partial charge in [-0.1, -0.05) is 20.8 Å². The number of rotatable bonds is 2. The summed E-state index contributed by atoms with van der Waals surface area (Å²) in [6.45, 7) is 6.69. The molecule has 2 rings (SSSR count). The molecular formula is C14H19N3O2. The minimum atomic E-state index is -0.631. The molecule has 2 amide bonds. The van der Waals surface area contributed by atoms with Crippen molar-refractivity contribution in [3.8, 4) is 0 Å². The van der Waals surface area contributed by atoms with Crippen LogP contribution in [-0.4, -0.2) is 23.3 Å². The van der Waals surface area contributed by atoms with Gasteiger partial charge in [0.15, 0.2) is 0 Å². The quantitative estimate of drug-likeness (QED) is 0.791. The first kappa shape index (κ1) is 13.5. The lowest BCUT2D eigenvalue weighted by Crippen LogP contribution is -2.37. The van der Waals surface area contributed by atoms with Crippen LogP contribution in [0.25, 0.3) is 0 Å². The van der Waals surface area contributed by atoms with Crippen LogP contribution in [0.1, 0.15) is 20.8 Å². The Morgan fingerprint density at radius 3 is 2.58 bits per heavy atom. The maximum absolute atomic E-state index is 12.3. The molecule has 2 N–H and O–H groups in total. The topological polar surface area (TPSA) is 71.1 Å². The molecule has 5 heteroatoms. The van der Waals surface area contributed by atoms with Crippen molar-refractivity contribution in [2.45, 2.75) is 20.8 Å². The predicted octanol–water partition coefficient (Wildman–Crippen LogP) is 1.43. The Morgan fingerprint density at radius 2 is 2.00 bits per heavy atom. The lowest BCUT2D eigenvalue weighted by atomic mass is 9.74. The van der Waals surface area contributed by atoms with Crippen molar-refractivity contribution >= 4 is 17.5 Å². The van der Waals surface area contributed by atoms with E-state index < -0.39 is 5.92 Å². The van der Waals surface area contributed by atoms with Crippen molar-refractivity contribution < 1.29 is 9.59 Å². The van der Waals surface area contributed by atoms with Crippen LogP contribution >= 0.6 is 0 Å². The van der Waals surface area contributed by atoms with Gasteiger partial charge in [-0.05, 0) is 17.5 Å². The fourth-order valence-corrected chi connectivity index (χ4v) is 2.38. The highest BCUT2D eigenvalue weighted by molar-refractivity contribution is 6.07. The fourth-order valence-electron chi connectivity index (χ4n) is 2.38. The van der Waals surface area contributed by atoms with Gasteiger partial charge in [0.05, 0.1) is 0 Å². The molecule has 0 bridgehead atoms. The Bertz CT molecular complexity index is 479. The van der Waals surface area contributed by atoms with E-state index in [1.54, 1.807) is 24.5 Å². The summed E-state index contributed by atoms with van der Waals surface area (Å²) in [6.07, 6.45) is 3.21. The van der Waals surface area contributed by atoms with Crippen molar-refractivity contribution in [1.29, 1.82) is 0 Å². The molecule has 5 nitrogen and oxygen atoms in total. The molecule has 0 aliphatic carbocycles. The number of hydrogen-bond acceptors (Lipinski definition) is 3. The zero-order valence-electron chi connectivity index (χ0n) is 11.4. The standard InChI is InChI=1S/C14H19N3O2/c1-14(2,3)10-8-16-12(18)11(10)13(19)17-9-4-6-15-7-5-9/h4-7,10-11H,8H2,1-3H3,(H,16,18)(H,15,17,19)/t10-,11-/m0/s1. The first-order valence-corrected chi connectivity index (χ1v) is 6.38. The largest absolute Gasteiger partial charge is 0.355 e. The Kier molecular flexibility index (Phi) is 3.55. The van der Waals surface area contributed by atoms with E-state index in [0.717, 1.165) is 0 Å². The third-order valence-corrected chi connectivity index (χ3v) is 3.52. The van der Waals surface area contributed by atoms with Gasteiger partial charge in [0, 0.05) is 30.5 Å². The number of amides is 2. The molecule has 1 aromatic rings. The zero-order chi connectivity index (χ0) is 14.0. The summed E-state index contributed by atoms with van der Waals surface area (Å²) in [4.78, 5) is 28.1. The first-order chi connectivity index (χ1) is 8.89. The van der Waals surface area contributed by atoms with Crippen LogP contribution in [0, 0.1) is 17.3 Å². The van der Waals surface area contributed by atoms with Crippen molar-refractivity contribution in [3.05, 3.63) is 24.5 Å². The molecule has 2 atom stereocenters. The summed E-state index contributed by atoms with van der Waals surface area (Å²) < 4.78 is 0. The number of nitrogens with zero attached hydrogens (tertiary/aromatic N) is 1. The predicted molar refractivity (Wildman–Crippen MR) is 72.3 cm³/mol. The number of hydrogen-bond donors (Lipinski definition) is 2. The van der Waals surface area contributed by atoms with Crippen LogP contribution < -0.4 is 10.6 Å². The van der Waals surface area contributed by atoms with E-state index in [4.69, 9.17) is 0 Å². The molecule has 0 spiro atoms. The molecule has 1 aromatic heterocycles. The number of aromatic nitrogens is 1. The third kappa shape index (κ3) is 2.92. The average molecular weight is 261 g/mol. The van der Waals surface area contributed by atoms with Gasteiger partial charge in [-0.3, -0.25) is 14.6 Å². The van der Waals surface area contributed by atoms with Gasteiger partial charge in [-0.2, -0.15) is 0 Å². The summed E-state index contributed by atoms with van der Waals surface area (Å²) >= 11 is 0. The van der Waals surface area contributed by atoms with Gasteiger partial charge >= 0.3 is 0 Å². The minimum Gasteiger partial charge on any atom is -0.355 e. The first-order valence-electron chi connectivity index (χ1n) is 6.38. The maximum atomic E-state index is 12.3. The Balaban J connectivity index is 2.15. The van der Waals surface area contributed by atoms with Crippen molar-refractivity contribution in [3.63, 3.8) is 0 Å². The van der Waals surface area contributed by atoms with Crippen LogP contribution in [0.4, 0.5) is 5.69 Å². The third-order valence-electron chi connectivity index (χ3n) is 3.52. The van der Waals surface area contributed by atoms with Gasteiger partial charge < -0.3 is 10.6 Å². The SMILES string of the molecule is CC(C)(C)[C@H]1CNC(=O)[C@H]1C(=O)Nc1ccncc1. The van der Waals surface area contributed by atoms with Crippen LogP contribution in [0.2, 0.25) is 0 Å². The number of carbonyl (C=O) groups excluding carboxylic acids is 2. The number of anilines is 1. The lowest BCUT2D eigenvalue weighted by Gasteiger charge is -2.29. The van der Waals surface area contributed by atoms with E-state index in [-0.39, 0.29) is 23.1 Å². The van der Waals surface area contributed by atoms with Crippen LogP contribution in [0.3, 0.4) is 0 Å². The second-order valence-electron chi connectivity index (χ2n) is 5.92. The van der Waals surface area contributed by atoms with Gasteiger partial charge in [0.25, 0.3) is 0 Å². The van der Waals surface area contributed by atoms with Crippen molar-refractivity contribution in [1.82, 2.24) is 10.3 Å². The molecule has 0 radical (unpaired) electrons. The fraction of sp³-hybridized carbons (Fsp3) is 0.500. The molecule has 1 saturated heterocycles. The smallest absolute Gasteiger partial charge is 0.237 e. The summed E-state index contributed by atoms with van der Waals surface area (Å²) in [5.74, 6) is -1.07. The van der Waals surface area contributed by atoms with Crippen molar-refractivity contribution in [2.75, 3.05) is 11.9 Å². The molecule has 1 aliphatic heterocycles. The summed E-state index contributed by atoms with van der Waals surface area (Å²) in [5.41, 5.74) is 0.562. The molecule has 0 saturated carbocycles. The average Bonchev–Trinajstić information content (AvgIpc) is 2.72. The summed E-state index contributed by atoms with van der Waals surface area (Å²) in [7, 11) is 0. The molecule has 1 aliphatic rings. The van der Waals surface area contributed by atoms with E-state index in [1.807, 2.05) is 20.8 Å². The van der Waals surface area contributed by atoms with Crippen LogP contribution in [0.15, 0.2) is 24.5 Å². The highest BCUT2D eigenvalue weighted by Crippen LogP contribution is 2.35. The van der Waals surface area contributed by atoms with E-state index in [0.29, 0.717) is 12.2 Å². The van der Waals surface area contributed by atoms with Gasteiger partial charge in [-0.25, -0.2) is 0 Å². The van der Waals surface area contributed by atoms with Crippen LogP contribution in [-0.2, 0) is 9.59 Å². The Hall–Kier alpha value is -1.91. The highest BCUT2D eigenvalue weighted by atomic mass is 16.2. The maximum Gasteiger partial charge on any atom is 0.237 e. The number of pyridine rings is 1. The second kappa shape index (κ2) is 4.99.